The lowest BCUT2D eigenvalue weighted by atomic mass is 10.0. The maximum Gasteiger partial charge on any atom is 0.241 e. The molecule has 1 amide bonds. The number of carbonyl (C=O) groups is 2. The van der Waals surface area contributed by atoms with E-state index in [-0.39, 0.29) is 16.7 Å². The van der Waals surface area contributed by atoms with Crippen LogP contribution in [0, 0.1) is 11.8 Å². The first kappa shape index (κ1) is 20.3. The number of amides is 1. The average molecular weight is 354 g/mol. The highest BCUT2D eigenvalue weighted by atomic mass is 32.2. The molecule has 0 aliphatic heterocycles. The van der Waals surface area contributed by atoms with Gasteiger partial charge in [-0.1, -0.05) is 45.9 Å². The number of rotatable bonds is 9. The van der Waals surface area contributed by atoms with Gasteiger partial charge in [-0.2, -0.15) is 4.72 Å². The van der Waals surface area contributed by atoms with Crippen molar-refractivity contribution in [2.24, 2.45) is 11.8 Å². The number of sulfonamides is 1. The zero-order valence-corrected chi connectivity index (χ0v) is 15.3. The van der Waals surface area contributed by atoms with Crippen LogP contribution < -0.4 is 10.0 Å². The SMILES string of the molecule is CC(C)C[C@H](NS(=O)(=O)c1ccccc1)C(=O)N[C@H](C=O)C(C)C. The number of nitrogens with one attached hydrogen (secondary N) is 2. The van der Waals surface area contributed by atoms with Gasteiger partial charge < -0.3 is 10.1 Å². The second-order valence-electron chi connectivity index (χ2n) is 6.53. The van der Waals surface area contributed by atoms with Crippen molar-refractivity contribution < 1.29 is 18.0 Å². The third-order valence-electron chi connectivity index (χ3n) is 3.55. The normalized spacial score (nSPS) is 14.4. The first-order valence-corrected chi connectivity index (χ1v) is 9.48. The Bertz CT molecular complexity index is 642. The summed E-state index contributed by atoms with van der Waals surface area (Å²) in [5.74, 6) is -0.459. The van der Waals surface area contributed by atoms with Gasteiger partial charge in [0.15, 0.2) is 0 Å². The summed E-state index contributed by atoms with van der Waals surface area (Å²) in [6, 6.07) is 6.31. The number of hydrogen-bond donors (Lipinski definition) is 2. The lowest BCUT2D eigenvalue weighted by molar-refractivity contribution is -0.126. The molecule has 0 saturated heterocycles. The molecule has 2 N–H and O–H groups in total. The van der Waals surface area contributed by atoms with Gasteiger partial charge in [0.05, 0.1) is 10.9 Å². The maximum atomic E-state index is 12.5. The summed E-state index contributed by atoms with van der Waals surface area (Å²) in [4.78, 5) is 23.6. The van der Waals surface area contributed by atoms with Crippen LogP contribution in [0.5, 0.6) is 0 Å². The van der Waals surface area contributed by atoms with Gasteiger partial charge in [-0.25, -0.2) is 8.42 Å². The summed E-state index contributed by atoms with van der Waals surface area (Å²) in [5, 5.41) is 2.61. The molecule has 1 aromatic carbocycles. The van der Waals surface area contributed by atoms with Gasteiger partial charge in [0.1, 0.15) is 12.3 Å². The topological polar surface area (TPSA) is 92.3 Å². The van der Waals surface area contributed by atoms with Gasteiger partial charge in [0.2, 0.25) is 15.9 Å². The summed E-state index contributed by atoms with van der Waals surface area (Å²) < 4.78 is 27.4. The van der Waals surface area contributed by atoms with Crippen LogP contribution in [0.4, 0.5) is 0 Å². The van der Waals surface area contributed by atoms with Crippen LogP contribution >= 0.6 is 0 Å². The molecule has 0 fully saturated rings. The molecule has 24 heavy (non-hydrogen) atoms. The number of benzene rings is 1. The quantitative estimate of drug-likeness (QED) is 0.661. The van der Waals surface area contributed by atoms with Crippen molar-refractivity contribution >= 4 is 22.2 Å². The molecule has 0 bridgehead atoms. The van der Waals surface area contributed by atoms with Gasteiger partial charge in [0.25, 0.3) is 0 Å². The molecular weight excluding hydrogens is 328 g/mol. The highest BCUT2D eigenvalue weighted by Gasteiger charge is 2.28. The van der Waals surface area contributed by atoms with E-state index >= 15 is 0 Å². The van der Waals surface area contributed by atoms with Gasteiger partial charge in [-0.15, -0.1) is 0 Å². The average Bonchev–Trinajstić information content (AvgIpc) is 2.51. The molecule has 0 heterocycles. The summed E-state index contributed by atoms with van der Waals surface area (Å²) in [6.45, 7) is 7.42. The molecule has 134 valence electrons. The van der Waals surface area contributed by atoms with Crippen molar-refractivity contribution in [3.63, 3.8) is 0 Å². The van der Waals surface area contributed by atoms with Gasteiger partial charge in [-0.05, 0) is 30.4 Å². The Morgan fingerprint density at radius 1 is 1.12 bits per heavy atom. The Kier molecular flexibility index (Phi) is 7.57. The van der Waals surface area contributed by atoms with E-state index < -0.39 is 28.0 Å². The largest absolute Gasteiger partial charge is 0.345 e. The Hall–Kier alpha value is -1.73. The number of aldehydes is 1. The molecule has 1 rings (SSSR count). The first-order valence-electron chi connectivity index (χ1n) is 8.00. The summed E-state index contributed by atoms with van der Waals surface area (Å²) in [7, 11) is -3.81. The lowest BCUT2D eigenvalue weighted by Crippen LogP contribution is -2.51. The Labute approximate surface area is 144 Å². The van der Waals surface area contributed by atoms with Crippen molar-refractivity contribution in [3.8, 4) is 0 Å². The van der Waals surface area contributed by atoms with Crippen LogP contribution in [0.3, 0.4) is 0 Å². The fourth-order valence-corrected chi connectivity index (χ4v) is 3.39. The van der Waals surface area contributed by atoms with Crippen LogP contribution in [0.2, 0.25) is 0 Å². The van der Waals surface area contributed by atoms with E-state index in [0.717, 1.165) is 0 Å². The van der Waals surface area contributed by atoms with Crippen molar-refractivity contribution in [2.75, 3.05) is 0 Å². The van der Waals surface area contributed by atoms with Crippen molar-refractivity contribution in [1.82, 2.24) is 10.0 Å². The second kappa shape index (κ2) is 8.94. The first-order chi connectivity index (χ1) is 11.2. The minimum absolute atomic E-state index is 0.0723. The minimum Gasteiger partial charge on any atom is -0.345 e. The molecule has 0 saturated carbocycles. The molecule has 2 atom stereocenters. The van der Waals surface area contributed by atoms with Crippen molar-refractivity contribution in [2.45, 2.75) is 51.1 Å². The Morgan fingerprint density at radius 2 is 1.71 bits per heavy atom. The van der Waals surface area contributed by atoms with Crippen LogP contribution in [0.25, 0.3) is 0 Å². The highest BCUT2D eigenvalue weighted by molar-refractivity contribution is 7.89. The predicted octanol–water partition coefficient (Wildman–Crippen LogP) is 1.72. The highest BCUT2D eigenvalue weighted by Crippen LogP contribution is 2.12. The van der Waals surface area contributed by atoms with E-state index in [1.165, 1.54) is 12.1 Å². The molecule has 0 unspecified atom stereocenters. The van der Waals surface area contributed by atoms with Crippen LogP contribution in [-0.2, 0) is 19.6 Å². The van der Waals surface area contributed by atoms with Crippen LogP contribution in [-0.4, -0.2) is 32.7 Å². The van der Waals surface area contributed by atoms with E-state index in [1.807, 2.05) is 27.7 Å². The smallest absolute Gasteiger partial charge is 0.241 e. The number of hydrogen-bond acceptors (Lipinski definition) is 4. The van der Waals surface area contributed by atoms with Crippen LogP contribution in [0.1, 0.15) is 34.1 Å². The molecule has 0 aromatic heterocycles. The zero-order valence-electron chi connectivity index (χ0n) is 14.5. The summed E-state index contributed by atoms with van der Waals surface area (Å²) in [5.41, 5.74) is 0. The molecular formula is C17H26N2O4S. The van der Waals surface area contributed by atoms with E-state index in [2.05, 4.69) is 10.0 Å². The van der Waals surface area contributed by atoms with E-state index in [9.17, 15) is 18.0 Å². The molecule has 1 aromatic rings. The second-order valence-corrected chi connectivity index (χ2v) is 8.24. The van der Waals surface area contributed by atoms with E-state index in [1.54, 1.807) is 18.2 Å². The Morgan fingerprint density at radius 3 is 2.17 bits per heavy atom. The summed E-state index contributed by atoms with van der Waals surface area (Å²) >= 11 is 0. The van der Waals surface area contributed by atoms with E-state index in [4.69, 9.17) is 0 Å². The lowest BCUT2D eigenvalue weighted by Gasteiger charge is -2.23. The van der Waals surface area contributed by atoms with E-state index in [0.29, 0.717) is 12.7 Å². The fraction of sp³-hybridized carbons (Fsp3) is 0.529. The molecule has 0 aliphatic rings. The number of carbonyl (C=O) groups excluding carboxylic acids is 2. The molecule has 0 radical (unpaired) electrons. The molecule has 0 aliphatic carbocycles. The van der Waals surface area contributed by atoms with Gasteiger partial charge >= 0.3 is 0 Å². The fourth-order valence-electron chi connectivity index (χ4n) is 2.16. The standard InChI is InChI=1S/C17H26N2O4S/c1-12(2)10-15(17(21)18-16(11-20)13(3)4)19-24(22,23)14-8-6-5-7-9-14/h5-9,11-13,15-16,19H,10H2,1-4H3,(H,18,21)/t15-,16+/m0/s1. The molecule has 6 nitrogen and oxygen atoms in total. The Balaban J connectivity index is 2.97. The third kappa shape index (κ3) is 6.05. The van der Waals surface area contributed by atoms with Gasteiger partial charge in [-0.3, -0.25) is 4.79 Å². The van der Waals surface area contributed by atoms with Crippen molar-refractivity contribution in [1.29, 1.82) is 0 Å². The summed E-state index contributed by atoms with van der Waals surface area (Å²) in [6.07, 6.45) is 1.00. The monoisotopic (exact) mass is 354 g/mol. The minimum atomic E-state index is -3.81. The van der Waals surface area contributed by atoms with Crippen LogP contribution in [0.15, 0.2) is 35.2 Å². The molecule has 0 spiro atoms. The third-order valence-corrected chi connectivity index (χ3v) is 5.04. The van der Waals surface area contributed by atoms with Gasteiger partial charge in [0, 0.05) is 0 Å². The molecule has 7 heteroatoms. The zero-order chi connectivity index (χ0) is 18.3. The predicted molar refractivity (Wildman–Crippen MR) is 92.8 cm³/mol. The van der Waals surface area contributed by atoms with Crippen molar-refractivity contribution in [3.05, 3.63) is 30.3 Å². The maximum absolute atomic E-state index is 12.5.